The number of nitro groups is 1. The van der Waals surface area contributed by atoms with Crippen LogP contribution in [0.5, 0.6) is 0 Å². The van der Waals surface area contributed by atoms with Gasteiger partial charge in [-0.1, -0.05) is 18.2 Å². The Hall–Kier alpha value is -1.95. The number of anilines is 1. The summed E-state index contributed by atoms with van der Waals surface area (Å²) in [7, 11) is 0. The Balaban J connectivity index is 1.99. The molecule has 0 fully saturated rings. The van der Waals surface area contributed by atoms with Gasteiger partial charge in [-0.15, -0.1) is 0 Å². The van der Waals surface area contributed by atoms with Crippen molar-refractivity contribution in [2.45, 2.75) is 6.42 Å². The van der Waals surface area contributed by atoms with Crippen LogP contribution in [0.25, 0.3) is 0 Å². The van der Waals surface area contributed by atoms with Crippen molar-refractivity contribution in [1.29, 1.82) is 0 Å². The van der Waals surface area contributed by atoms with E-state index in [1.54, 1.807) is 30.3 Å². The van der Waals surface area contributed by atoms with E-state index in [-0.39, 0.29) is 16.4 Å². The SMILES string of the molecule is O=[N+]([O-])c1ccccc1CCNc1ccc(F)c(Br)c1. The molecule has 20 heavy (non-hydrogen) atoms. The fraction of sp³-hybridized carbons (Fsp3) is 0.143. The van der Waals surface area contributed by atoms with Crippen molar-refractivity contribution >= 4 is 27.3 Å². The molecule has 0 aliphatic carbocycles. The topological polar surface area (TPSA) is 55.2 Å². The number of hydrogen-bond acceptors (Lipinski definition) is 3. The Morgan fingerprint density at radius 3 is 2.70 bits per heavy atom. The van der Waals surface area contributed by atoms with E-state index in [0.29, 0.717) is 23.0 Å². The van der Waals surface area contributed by atoms with Gasteiger partial charge >= 0.3 is 0 Å². The number of benzene rings is 2. The summed E-state index contributed by atoms with van der Waals surface area (Å²) in [6.07, 6.45) is 0.520. The van der Waals surface area contributed by atoms with Gasteiger partial charge in [-0.25, -0.2) is 4.39 Å². The first-order chi connectivity index (χ1) is 9.58. The predicted molar refractivity (Wildman–Crippen MR) is 79.4 cm³/mol. The van der Waals surface area contributed by atoms with Gasteiger partial charge in [0.15, 0.2) is 0 Å². The molecule has 2 aromatic carbocycles. The van der Waals surface area contributed by atoms with Crippen LogP contribution in [0.15, 0.2) is 46.9 Å². The van der Waals surface area contributed by atoms with Crippen molar-refractivity contribution < 1.29 is 9.31 Å². The van der Waals surface area contributed by atoms with E-state index < -0.39 is 0 Å². The number of halogens is 2. The molecule has 2 rings (SSSR count). The molecule has 0 saturated carbocycles. The molecule has 0 atom stereocenters. The first-order valence-electron chi connectivity index (χ1n) is 5.99. The second-order valence-corrected chi connectivity index (χ2v) is 5.05. The van der Waals surface area contributed by atoms with Crippen molar-refractivity contribution in [3.63, 3.8) is 0 Å². The minimum atomic E-state index is -0.385. The van der Waals surface area contributed by atoms with Crippen LogP contribution < -0.4 is 5.32 Å². The standard InChI is InChI=1S/C14H12BrFN2O2/c15-12-9-11(5-6-13(12)16)17-8-7-10-3-1-2-4-14(10)18(19)20/h1-6,9,17H,7-8H2. The lowest BCUT2D eigenvalue weighted by atomic mass is 10.1. The van der Waals surface area contributed by atoms with Gasteiger partial charge < -0.3 is 5.32 Å². The summed E-state index contributed by atoms with van der Waals surface area (Å²) in [6.45, 7) is 0.531. The second kappa shape index (κ2) is 6.47. The Kier molecular flexibility index (Phi) is 4.68. The lowest BCUT2D eigenvalue weighted by Gasteiger charge is -2.07. The number of nitro benzene ring substituents is 1. The van der Waals surface area contributed by atoms with Crippen LogP contribution in [0.3, 0.4) is 0 Å². The first kappa shape index (κ1) is 14.5. The largest absolute Gasteiger partial charge is 0.385 e. The summed E-state index contributed by atoms with van der Waals surface area (Å²) in [5, 5.41) is 14.0. The molecule has 0 aliphatic heterocycles. The van der Waals surface area contributed by atoms with Crippen LogP contribution in [0, 0.1) is 15.9 Å². The van der Waals surface area contributed by atoms with Crippen molar-refractivity contribution in [3.05, 3.63) is 68.4 Å². The number of nitrogens with one attached hydrogen (secondary N) is 1. The molecule has 6 heteroatoms. The highest BCUT2D eigenvalue weighted by atomic mass is 79.9. The van der Waals surface area contributed by atoms with Crippen LogP contribution in [0.1, 0.15) is 5.56 Å². The molecule has 0 radical (unpaired) electrons. The normalized spacial score (nSPS) is 10.3. The van der Waals surface area contributed by atoms with Crippen LogP contribution in [0.2, 0.25) is 0 Å². The van der Waals surface area contributed by atoms with E-state index in [1.165, 1.54) is 12.1 Å². The van der Waals surface area contributed by atoms with Crippen LogP contribution in [0.4, 0.5) is 15.8 Å². The first-order valence-corrected chi connectivity index (χ1v) is 6.78. The molecule has 0 saturated heterocycles. The third-order valence-corrected chi connectivity index (χ3v) is 3.44. The maximum atomic E-state index is 13.1. The molecular weight excluding hydrogens is 327 g/mol. The summed E-state index contributed by atoms with van der Waals surface area (Å²) in [5.41, 5.74) is 1.55. The molecule has 0 aromatic heterocycles. The van der Waals surface area contributed by atoms with Crippen LogP contribution in [-0.4, -0.2) is 11.5 Å². The number of hydrogen-bond donors (Lipinski definition) is 1. The highest BCUT2D eigenvalue weighted by Gasteiger charge is 2.11. The van der Waals surface area contributed by atoms with Crippen molar-refractivity contribution in [2.24, 2.45) is 0 Å². The molecule has 0 heterocycles. The van der Waals surface area contributed by atoms with E-state index in [4.69, 9.17) is 0 Å². The van der Waals surface area contributed by atoms with Gasteiger partial charge in [0.1, 0.15) is 5.82 Å². The maximum absolute atomic E-state index is 13.1. The number of para-hydroxylation sites is 1. The third-order valence-electron chi connectivity index (χ3n) is 2.83. The molecule has 0 aliphatic rings. The second-order valence-electron chi connectivity index (χ2n) is 4.19. The molecular formula is C14H12BrFN2O2. The van der Waals surface area contributed by atoms with Gasteiger partial charge in [-0.2, -0.15) is 0 Å². The smallest absolute Gasteiger partial charge is 0.272 e. The van der Waals surface area contributed by atoms with Crippen molar-refractivity contribution in [1.82, 2.24) is 0 Å². The van der Waals surface area contributed by atoms with Gasteiger partial charge in [0.2, 0.25) is 0 Å². The van der Waals surface area contributed by atoms with Crippen molar-refractivity contribution in [3.8, 4) is 0 Å². The fourth-order valence-electron chi connectivity index (χ4n) is 1.85. The third kappa shape index (κ3) is 3.54. The zero-order valence-corrected chi connectivity index (χ0v) is 12.1. The summed E-state index contributed by atoms with van der Waals surface area (Å²) >= 11 is 3.11. The Morgan fingerprint density at radius 1 is 1.25 bits per heavy atom. The molecule has 0 amide bonds. The summed E-state index contributed by atoms with van der Waals surface area (Å²) in [6, 6.07) is 11.3. The van der Waals surface area contributed by atoms with Crippen LogP contribution >= 0.6 is 15.9 Å². The van der Waals surface area contributed by atoms with E-state index in [1.807, 2.05) is 0 Å². The molecule has 0 unspecified atom stereocenters. The van der Waals surface area contributed by atoms with Gasteiger partial charge in [0, 0.05) is 23.9 Å². The van der Waals surface area contributed by atoms with Gasteiger partial charge in [0.25, 0.3) is 5.69 Å². The van der Waals surface area contributed by atoms with Gasteiger partial charge in [0.05, 0.1) is 9.40 Å². The lowest BCUT2D eigenvalue weighted by molar-refractivity contribution is -0.385. The molecule has 2 aromatic rings. The minimum Gasteiger partial charge on any atom is -0.385 e. The van der Waals surface area contributed by atoms with E-state index in [2.05, 4.69) is 21.2 Å². The molecule has 0 bridgehead atoms. The molecule has 0 spiro atoms. The van der Waals surface area contributed by atoms with E-state index >= 15 is 0 Å². The highest BCUT2D eigenvalue weighted by Crippen LogP contribution is 2.21. The summed E-state index contributed by atoms with van der Waals surface area (Å²) in [5.74, 6) is -0.325. The van der Waals surface area contributed by atoms with Crippen LogP contribution in [-0.2, 0) is 6.42 Å². The zero-order valence-electron chi connectivity index (χ0n) is 10.5. The Bertz CT molecular complexity index is 634. The van der Waals surface area contributed by atoms with E-state index in [9.17, 15) is 14.5 Å². The Labute approximate surface area is 123 Å². The summed E-state index contributed by atoms with van der Waals surface area (Å²) in [4.78, 5) is 10.5. The van der Waals surface area contributed by atoms with E-state index in [0.717, 1.165) is 5.69 Å². The maximum Gasteiger partial charge on any atom is 0.272 e. The predicted octanol–water partition coefficient (Wildman–Crippen LogP) is 4.15. The van der Waals surface area contributed by atoms with Gasteiger partial charge in [-0.05, 0) is 40.5 Å². The average molecular weight is 339 g/mol. The Morgan fingerprint density at radius 2 is 2.00 bits per heavy atom. The number of nitrogens with zero attached hydrogens (tertiary/aromatic N) is 1. The fourth-order valence-corrected chi connectivity index (χ4v) is 2.23. The molecule has 4 nitrogen and oxygen atoms in total. The molecule has 1 N–H and O–H groups in total. The summed E-state index contributed by atoms with van der Waals surface area (Å²) < 4.78 is 13.5. The lowest BCUT2D eigenvalue weighted by Crippen LogP contribution is -2.06. The number of rotatable bonds is 5. The van der Waals surface area contributed by atoms with Gasteiger partial charge in [-0.3, -0.25) is 10.1 Å². The quantitative estimate of drug-likeness (QED) is 0.658. The molecule has 104 valence electrons. The zero-order chi connectivity index (χ0) is 14.5. The van der Waals surface area contributed by atoms with Crippen molar-refractivity contribution in [2.75, 3.05) is 11.9 Å². The highest BCUT2D eigenvalue weighted by molar-refractivity contribution is 9.10. The minimum absolute atomic E-state index is 0.120. The monoisotopic (exact) mass is 338 g/mol. The average Bonchev–Trinajstić information content (AvgIpc) is 2.43.